The lowest BCUT2D eigenvalue weighted by Gasteiger charge is -2.13. The van der Waals surface area contributed by atoms with Gasteiger partial charge in [-0.15, -0.1) is 0 Å². The first kappa shape index (κ1) is 90.1. The molecule has 0 N–H and O–H groups in total. The maximum absolute atomic E-state index is 9.38. The van der Waals surface area contributed by atoms with Crippen molar-refractivity contribution in [1.29, 1.82) is 21.0 Å². The van der Waals surface area contributed by atoms with Gasteiger partial charge < -0.3 is 13.7 Å². The highest BCUT2D eigenvalue weighted by Gasteiger charge is 2.25. The third-order valence-electron chi connectivity index (χ3n) is 25.6. The van der Waals surface area contributed by atoms with Crippen molar-refractivity contribution in [2.45, 2.75) is 27.7 Å². The Bertz CT molecular complexity index is 9180. The molecule has 145 heavy (non-hydrogen) atoms. The Labute approximate surface area is 833 Å². The lowest BCUT2D eigenvalue weighted by molar-refractivity contribution is 0.928. The second kappa shape index (κ2) is 38.6. The molecule has 0 aliphatic heterocycles. The van der Waals surface area contributed by atoms with E-state index in [1.165, 1.54) is 0 Å². The summed E-state index contributed by atoms with van der Waals surface area (Å²) < 4.78 is 6.62. The summed E-state index contributed by atoms with van der Waals surface area (Å²) in [7, 11) is 0. The fraction of sp³-hybridized carbons (Fsp3) is 0.0323. The van der Waals surface area contributed by atoms with Crippen molar-refractivity contribution >= 4 is 93.9 Å². The highest BCUT2D eigenvalue weighted by molar-refractivity contribution is 6.15. The van der Waals surface area contributed by atoms with E-state index in [4.69, 9.17) is 47.8 Å². The molecular weight excluding hydrogens is 1780 g/mol. The van der Waals surface area contributed by atoms with Crippen LogP contribution in [0.1, 0.15) is 45.6 Å². The second-order valence-corrected chi connectivity index (χ2v) is 34.5. The van der Waals surface area contributed by atoms with Crippen molar-refractivity contribution in [3.63, 3.8) is 0 Å². The topological polar surface area (TPSA) is 248 Å². The lowest BCUT2D eigenvalue weighted by Crippen LogP contribution is -2.01. The highest BCUT2D eigenvalue weighted by atomic mass is 15.1. The van der Waals surface area contributed by atoms with Crippen molar-refractivity contribution in [2.75, 3.05) is 0 Å². The molecule has 674 valence electrons. The van der Waals surface area contributed by atoms with Crippen LogP contribution in [0.5, 0.6) is 0 Å². The Balaban J connectivity index is 0.000000129. The van der Waals surface area contributed by atoms with Crippen LogP contribution < -0.4 is 0 Å². The van der Waals surface area contributed by atoms with Gasteiger partial charge >= 0.3 is 0 Å². The number of benzene rings is 17. The first-order valence-electron chi connectivity index (χ1n) is 46.1. The molecule has 0 radical (unpaired) electrons. The van der Waals surface area contributed by atoms with Crippen LogP contribution in [0.15, 0.2) is 370 Å². The van der Waals surface area contributed by atoms with Gasteiger partial charge in [-0.05, 0) is 228 Å². The molecular formula is C124H73N21. The predicted octanol–water partition coefficient (Wildman–Crippen LogP) is 30.7. The number of fused-ring (bicyclic) bond motifs is 9. The third-order valence-corrected chi connectivity index (χ3v) is 25.6. The van der Waals surface area contributed by atoms with Gasteiger partial charge in [-0.1, -0.05) is 237 Å². The van der Waals surface area contributed by atoms with E-state index in [-0.39, 0.29) is 0 Å². The van der Waals surface area contributed by atoms with Gasteiger partial charge in [-0.3, -0.25) is 0 Å². The van der Waals surface area contributed by atoms with E-state index < -0.39 is 0 Å². The first-order valence-corrected chi connectivity index (χ1v) is 46.1. The second-order valence-electron chi connectivity index (χ2n) is 34.5. The van der Waals surface area contributed by atoms with Gasteiger partial charge in [0.2, 0.25) is 0 Å². The Morgan fingerprint density at radius 1 is 0.200 bits per heavy atom. The van der Waals surface area contributed by atoms with Crippen LogP contribution in [-0.2, 0) is 0 Å². The monoisotopic (exact) mass is 1860 g/mol. The Kier molecular flexibility index (Phi) is 24.0. The van der Waals surface area contributed by atoms with E-state index in [2.05, 4.69) is 201 Å². The number of aryl methyl sites for hydroxylation is 4. The minimum Gasteiger partial charge on any atom is -0.310 e. The lowest BCUT2D eigenvalue weighted by atomic mass is 9.99. The average Bonchev–Trinajstić information content (AvgIpc) is 1.59. The Hall–Kier alpha value is -21.4. The minimum absolute atomic E-state index is 0.410. The summed E-state index contributed by atoms with van der Waals surface area (Å²) in [5.74, 6) is 4.79. The molecule has 21 heteroatoms. The predicted molar refractivity (Wildman–Crippen MR) is 571 cm³/mol. The summed E-state index contributed by atoms with van der Waals surface area (Å²) in [4.78, 5) is 60.2. The Morgan fingerprint density at radius 3 is 0.786 bits per heavy atom. The van der Waals surface area contributed by atoms with Gasteiger partial charge in [-0.2, -0.15) is 21.0 Å². The van der Waals surface area contributed by atoms with Crippen LogP contribution in [0.25, 0.3) is 230 Å². The molecule has 0 amide bonds. The van der Waals surface area contributed by atoms with Crippen molar-refractivity contribution in [2.24, 2.45) is 0 Å². The quantitative estimate of drug-likeness (QED) is 0.0920. The molecule has 6 heterocycles. The zero-order valence-corrected chi connectivity index (χ0v) is 78.1. The van der Waals surface area contributed by atoms with Crippen molar-refractivity contribution < 1.29 is 0 Å². The van der Waals surface area contributed by atoms with Crippen LogP contribution in [0.3, 0.4) is 0 Å². The number of hydrogen-bond donors (Lipinski definition) is 0. The third kappa shape index (κ3) is 17.7. The van der Waals surface area contributed by atoms with Crippen LogP contribution in [0.2, 0.25) is 0 Å². The van der Waals surface area contributed by atoms with Gasteiger partial charge in [-0.25, -0.2) is 69.1 Å². The minimum atomic E-state index is 0.410. The molecule has 0 saturated heterocycles. The van der Waals surface area contributed by atoms with Crippen LogP contribution in [0.4, 0.5) is 28.4 Å². The fourth-order valence-corrected chi connectivity index (χ4v) is 18.6. The Morgan fingerprint density at radius 2 is 0.469 bits per heavy atom. The maximum atomic E-state index is 9.38. The van der Waals surface area contributed by atoms with E-state index in [1.807, 2.05) is 289 Å². The molecule has 21 nitrogen and oxygen atoms in total. The summed E-state index contributed by atoms with van der Waals surface area (Å²) in [6, 6.07) is 130. The molecule has 17 aromatic carbocycles. The molecule has 0 spiro atoms. The molecule has 0 fully saturated rings. The molecule has 0 bridgehead atoms. The molecule has 0 atom stereocenters. The largest absolute Gasteiger partial charge is 0.310 e. The van der Waals surface area contributed by atoms with E-state index in [9.17, 15) is 21.0 Å². The standard InChI is InChI=1S/C48H27N7.2C38H23N7/c1-51-43-23-22-39(28-42(43)48-53-46(35-8-4-2-5-9-35)52-47(54-48)36-10-6-3-7-11-36)55-44-24-20-37(33-16-12-31(29-49)13-17-33)26-40(44)41-27-38(21-25-45(41)55)34-18-14-32(30-50)15-19-34;1-23-42-24(2)44-38(43-23)34-21-31(15-18-35(34)41-4)45-36-19-28(26-7-5-25(22-39)6-8-26)11-16-32(36)33-17-12-29(20-37(33)45)27-9-13-30(40-3)14-10-27;1-23-42-24(2)44-38(43-23)34-18-15-31(21-35(34)41-4)45-36-19-28(26-7-5-25(22-39)6-8-26)11-16-32(36)33-17-12-29(20-37(33)45)27-9-13-30(40-3)14-10-27/h2-28H;2*5-21H,1-2H3. The van der Waals surface area contributed by atoms with Crippen molar-refractivity contribution in [3.05, 3.63) is 473 Å². The van der Waals surface area contributed by atoms with Crippen LogP contribution in [0, 0.1) is 106 Å². The van der Waals surface area contributed by atoms with Crippen LogP contribution >= 0.6 is 0 Å². The number of aromatic nitrogens is 12. The molecule has 0 aliphatic carbocycles. The van der Waals surface area contributed by atoms with Gasteiger partial charge in [0.15, 0.2) is 57.6 Å². The number of rotatable bonds is 14. The molecule has 23 rings (SSSR count). The smallest absolute Gasteiger partial charge is 0.200 e. The number of hydrogen-bond acceptors (Lipinski definition) is 13. The summed E-state index contributed by atoms with van der Waals surface area (Å²) in [5.41, 5.74) is 29.2. The summed E-state index contributed by atoms with van der Waals surface area (Å²) >= 11 is 0. The van der Waals surface area contributed by atoms with Gasteiger partial charge in [0, 0.05) is 77.2 Å². The highest BCUT2D eigenvalue weighted by Crippen LogP contribution is 2.46. The molecule has 0 aliphatic rings. The molecule has 23 aromatic rings. The molecule has 0 saturated carbocycles. The maximum Gasteiger partial charge on any atom is 0.200 e. The normalized spacial score (nSPS) is 10.8. The number of nitriles is 4. The van der Waals surface area contributed by atoms with E-state index >= 15 is 0 Å². The number of nitrogens with zero attached hydrogens (tertiary/aromatic N) is 21. The van der Waals surface area contributed by atoms with E-state index in [1.54, 1.807) is 0 Å². The summed E-state index contributed by atoms with van der Waals surface area (Å²) in [6.45, 7) is 46.0. The van der Waals surface area contributed by atoms with Gasteiger partial charge in [0.05, 0.1) is 112 Å². The molecule has 6 aromatic heterocycles. The van der Waals surface area contributed by atoms with Crippen molar-refractivity contribution in [1.82, 2.24) is 58.6 Å². The average molecular weight is 1860 g/mol. The fourth-order valence-electron chi connectivity index (χ4n) is 18.6. The summed E-state index contributed by atoms with van der Waals surface area (Å²) in [5, 5.41) is 43.7. The van der Waals surface area contributed by atoms with E-state index in [0.717, 1.165) is 160 Å². The zero-order chi connectivity index (χ0) is 99.5. The summed E-state index contributed by atoms with van der Waals surface area (Å²) in [6.07, 6.45) is 0. The first-order chi connectivity index (χ1) is 71.0. The van der Waals surface area contributed by atoms with Crippen LogP contribution in [-0.4, -0.2) is 58.6 Å². The SMILES string of the molecule is [C-]#[N+]c1ccc(-c2ccc3c4ccc(-c5ccc(C#N)cc5)cc4n(-c4ccc(-c5nc(C)nc(C)n5)c([N+]#[C-])c4)c3c2)cc1.[C-]#[N+]c1ccc(-c2ccc3c4ccc(-c5ccc(C#N)cc5)cc4n(-c4ccc([N+]#[C-])c(-c5nc(C)nc(C)n5)c4)c3c2)cc1.[C-]#[N+]c1ccc(-n2c3ccc(-c4ccc(C#N)cc4)cc3c3cc(-c4ccc(C#N)cc4)ccc32)cc1-c1nc(-c2ccccc2)nc(-c2ccccc2)n1. The molecule has 0 unspecified atom stereocenters. The van der Waals surface area contributed by atoms with E-state index in [0.29, 0.717) is 120 Å². The van der Waals surface area contributed by atoms with Gasteiger partial charge in [0.1, 0.15) is 23.3 Å². The van der Waals surface area contributed by atoms with Crippen molar-refractivity contribution in [3.8, 4) is 165 Å². The van der Waals surface area contributed by atoms with Gasteiger partial charge in [0.25, 0.3) is 0 Å². The zero-order valence-electron chi connectivity index (χ0n) is 78.1.